The fourth-order valence-electron chi connectivity index (χ4n) is 2.44. The number of hydrogen-bond donors (Lipinski definition) is 1. The van der Waals surface area contributed by atoms with Crippen LogP contribution < -0.4 is 9.46 Å². The lowest BCUT2D eigenvalue weighted by Gasteiger charge is -2.16. The van der Waals surface area contributed by atoms with Gasteiger partial charge in [-0.05, 0) is 25.1 Å². The van der Waals surface area contributed by atoms with E-state index in [0.29, 0.717) is 5.56 Å². The van der Waals surface area contributed by atoms with E-state index in [4.69, 9.17) is 4.74 Å². The summed E-state index contributed by atoms with van der Waals surface area (Å²) in [5.74, 6) is -2.56. The monoisotopic (exact) mass is 389 g/mol. The zero-order valence-electron chi connectivity index (χ0n) is 15.1. The normalized spacial score (nSPS) is 12.1. The molecule has 8 heteroatoms. The molecule has 27 heavy (non-hydrogen) atoms. The highest BCUT2D eigenvalue weighted by Gasteiger charge is 2.24. The van der Waals surface area contributed by atoms with E-state index in [0.717, 1.165) is 6.26 Å². The number of benzene rings is 2. The molecule has 0 saturated heterocycles. The van der Waals surface area contributed by atoms with Crippen LogP contribution in [-0.2, 0) is 19.6 Å². The highest BCUT2D eigenvalue weighted by Crippen LogP contribution is 2.29. The quantitative estimate of drug-likeness (QED) is 0.460. The Balaban J connectivity index is 2.47. The molecule has 0 aliphatic heterocycles. The number of carbonyl (C=O) groups excluding carboxylic acids is 3. The Morgan fingerprint density at radius 1 is 1.00 bits per heavy atom. The molecule has 2 aromatic rings. The van der Waals surface area contributed by atoms with Crippen molar-refractivity contribution in [2.75, 3.05) is 6.26 Å². The molecule has 1 N–H and O–H groups in total. The Bertz CT molecular complexity index is 983. The van der Waals surface area contributed by atoms with Crippen LogP contribution in [0.2, 0.25) is 0 Å². The zero-order chi connectivity index (χ0) is 20.2. The topological polar surface area (TPSA) is 107 Å². The lowest BCUT2D eigenvalue weighted by Crippen LogP contribution is -2.33. The average molecular weight is 389 g/mol. The summed E-state index contributed by atoms with van der Waals surface area (Å²) in [5.41, 5.74) is 0.969. The Morgan fingerprint density at radius 2 is 1.63 bits per heavy atom. The number of ether oxygens (including phenoxy) is 1. The fraction of sp³-hybridized carbons (Fsp3) is 0.211. The van der Waals surface area contributed by atoms with Crippen LogP contribution in [0.15, 0.2) is 48.5 Å². The number of carbonyl (C=O) groups is 3. The molecule has 2 rings (SSSR count). The first kappa shape index (κ1) is 20.3. The molecule has 142 valence electrons. The lowest BCUT2D eigenvalue weighted by atomic mass is 9.94. The fourth-order valence-corrected chi connectivity index (χ4v) is 2.99. The van der Waals surface area contributed by atoms with Crippen molar-refractivity contribution in [1.82, 2.24) is 4.72 Å². The van der Waals surface area contributed by atoms with Gasteiger partial charge in [-0.3, -0.25) is 19.1 Å². The van der Waals surface area contributed by atoms with E-state index in [9.17, 15) is 22.8 Å². The number of nitrogens with one attached hydrogen (secondary N) is 1. The van der Waals surface area contributed by atoms with Crippen LogP contribution >= 0.6 is 0 Å². The summed E-state index contributed by atoms with van der Waals surface area (Å²) in [5, 5.41) is 0. The van der Waals surface area contributed by atoms with Crippen LogP contribution in [0.1, 0.15) is 41.3 Å². The van der Waals surface area contributed by atoms with Crippen LogP contribution in [0.3, 0.4) is 0 Å². The van der Waals surface area contributed by atoms with E-state index >= 15 is 0 Å². The maximum absolute atomic E-state index is 12.6. The van der Waals surface area contributed by atoms with Gasteiger partial charge in [0.25, 0.3) is 0 Å². The predicted molar refractivity (Wildman–Crippen MR) is 99.0 cm³/mol. The highest BCUT2D eigenvalue weighted by atomic mass is 32.2. The number of hydrogen-bond acceptors (Lipinski definition) is 6. The van der Waals surface area contributed by atoms with Crippen LogP contribution in [0.4, 0.5) is 0 Å². The molecule has 1 amide bonds. The molecule has 2 aromatic carbocycles. The molecule has 0 aliphatic carbocycles. The van der Waals surface area contributed by atoms with Crippen molar-refractivity contribution in [2.24, 2.45) is 0 Å². The van der Waals surface area contributed by atoms with E-state index in [2.05, 4.69) is 0 Å². The molecule has 0 spiro atoms. The molecule has 1 unspecified atom stereocenters. The molecule has 0 aromatic heterocycles. The Hall–Kier alpha value is -3.00. The average Bonchev–Trinajstić information content (AvgIpc) is 2.59. The largest absolute Gasteiger partial charge is 0.426 e. The molecule has 0 bridgehead atoms. The van der Waals surface area contributed by atoms with E-state index < -0.39 is 27.8 Å². The second-order valence-corrected chi connectivity index (χ2v) is 7.75. The SMILES string of the molecule is CC(=O)Oc1ccc(C(=O)c2ccccc2)cc1C(C)C(=O)NS(C)(=O)=O. The van der Waals surface area contributed by atoms with Crippen molar-refractivity contribution in [3.63, 3.8) is 0 Å². The molecule has 7 nitrogen and oxygen atoms in total. The summed E-state index contributed by atoms with van der Waals surface area (Å²) in [4.78, 5) is 36.2. The van der Waals surface area contributed by atoms with Gasteiger partial charge >= 0.3 is 5.97 Å². The van der Waals surface area contributed by atoms with Gasteiger partial charge in [0.2, 0.25) is 15.9 Å². The van der Waals surface area contributed by atoms with Crippen molar-refractivity contribution >= 4 is 27.7 Å². The number of ketones is 1. The first-order chi connectivity index (χ1) is 12.6. The van der Waals surface area contributed by atoms with E-state index in [1.54, 1.807) is 30.3 Å². The van der Waals surface area contributed by atoms with Crippen molar-refractivity contribution < 1.29 is 27.5 Å². The Morgan fingerprint density at radius 3 is 2.19 bits per heavy atom. The zero-order valence-corrected chi connectivity index (χ0v) is 15.9. The van der Waals surface area contributed by atoms with Gasteiger partial charge in [-0.15, -0.1) is 0 Å². The molecular weight excluding hydrogens is 370 g/mol. The van der Waals surface area contributed by atoms with Gasteiger partial charge in [0, 0.05) is 23.6 Å². The van der Waals surface area contributed by atoms with Crippen molar-refractivity contribution in [2.45, 2.75) is 19.8 Å². The third-order valence-electron chi connectivity index (χ3n) is 3.71. The minimum Gasteiger partial charge on any atom is -0.426 e. The van der Waals surface area contributed by atoms with E-state index in [1.165, 1.54) is 32.0 Å². The number of esters is 1. The summed E-state index contributed by atoms with van der Waals surface area (Å²) in [6, 6.07) is 12.9. The second kappa shape index (κ2) is 8.13. The Labute approximate surface area is 157 Å². The first-order valence-electron chi connectivity index (χ1n) is 8.02. The van der Waals surface area contributed by atoms with Gasteiger partial charge in [0.15, 0.2) is 5.78 Å². The second-order valence-electron chi connectivity index (χ2n) is 6.00. The molecule has 0 saturated carbocycles. The minimum atomic E-state index is -3.76. The summed E-state index contributed by atoms with van der Waals surface area (Å²) in [7, 11) is -3.76. The molecule has 0 radical (unpaired) electrons. The number of sulfonamides is 1. The van der Waals surface area contributed by atoms with E-state index in [1.807, 2.05) is 4.72 Å². The molecule has 0 fully saturated rings. The van der Waals surface area contributed by atoms with Gasteiger partial charge in [-0.25, -0.2) is 8.42 Å². The summed E-state index contributed by atoms with van der Waals surface area (Å²) in [6.45, 7) is 2.66. The highest BCUT2D eigenvalue weighted by molar-refractivity contribution is 7.89. The number of rotatable bonds is 6. The molecule has 1 atom stereocenters. The smallest absolute Gasteiger partial charge is 0.308 e. The molecule has 0 heterocycles. The lowest BCUT2D eigenvalue weighted by molar-refractivity contribution is -0.132. The van der Waals surface area contributed by atoms with Gasteiger partial charge < -0.3 is 4.74 Å². The van der Waals surface area contributed by atoms with Gasteiger partial charge in [0.1, 0.15) is 5.75 Å². The number of amides is 1. The summed E-state index contributed by atoms with van der Waals surface area (Å²) < 4.78 is 29.7. The third kappa shape index (κ3) is 5.49. The Kier molecular flexibility index (Phi) is 6.12. The van der Waals surface area contributed by atoms with Crippen LogP contribution in [0.5, 0.6) is 5.75 Å². The van der Waals surface area contributed by atoms with Gasteiger partial charge in [0.05, 0.1) is 12.2 Å². The van der Waals surface area contributed by atoms with Gasteiger partial charge in [-0.1, -0.05) is 30.3 Å². The molecular formula is C19H19NO6S. The van der Waals surface area contributed by atoms with Crippen LogP contribution in [-0.4, -0.2) is 32.3 Å². The van der Waals surface area contributed by atoms with Crippen LogP contribution in [0.25, 0.3) is 0 Å². The predicted octanol–water partition coefficient (Wildman–Crippen LogP) is 2.02. The van der Waals surface area contributed by atoms with E-state index in [-0.39, 0.29) is 22.7 Å². The third-order valence-corrected chi connectivity index (χ3v) is 4.28. The van der Waals surface area contributed by atoms with Gasteiger partial charge in [-0.2, -0.15) is 0 Å². The standard InChI is InChI=1S/C19H19NO6S/c1-12(19(23)20-27(3,24)25)16-11-15(9-10-17(16)26-13(2)21)18(22)14-7-5-4-6-8-14/h4-12H,1-3H3,(H,20,23). The summed E-state index contributed by atoms with van der Waals surface area (Å²) in [6.07, 6.45) is 0.861. The van der Waals surface area contributed by atoms with Crippen molar-refractivity contribution in [3.05, 3.63) is 65.2 Å². The minimum absolute atomic E-state index is 0.0864. The van der Waals surface area contributed by atoms with Crippen LogP contribution in [0, 0.1) is 0 Å². The van der Waals surface area contributed by atoms with Crippen molar-refractivity contribution in [3.8, 4) is 5.75 Å². The molecule has 0 aliphatic rings. The maximum Gasteiger partial charge on any atom is 0.308 e. The van der Waals surface area contributed by atoms with Crippen molar-refractivity contribution in [1.29, 1.82) is 0 Å². The maximum atomic E-state index is 12.6. The summed E-state index contributed by atoms with van der Waals surface area (Å²) >= 11 is 0. The first-order valence-corrected chi connectivity index (χ1v) is 9.91.